The molecule has 0 aliphatic carbocycles. The van der Waals surface area contributed by atoms with Gasteiger partial charge in [0.15, 0.2) is 40.7 Å². The second-order valence-corrected chi connectivity index (χ2v) is 21.5. The Balaban J connectivity index is 0.0000121. The quantitative estimate of drug-likeness (QED) is 0.00379. The number of halogens is 5. The van der Waals surface area contributed by atoms with Crippen LogP contribution >= 0.6 is 0 Å². The first kappa shape index (κ1) is 68.0. The van der Waals surface area contributed by atoms with Gasteiger partial charge >= 0.3 is 11.9 Å². The maximum absolute atomic E-state index is 13.7. The van der Waals surface area contributed by atoms with Crippen molar-refractivity contribution in [2.45, 2.75) is 93.9 Å². The fourth-order valence-corrected chi connectivity index (χ4v) is 9.74. The zero-order valence-electron chi connectivity index (χ0n) is 47.1. The molecule has 1 aliphatic heterocycles. The second-order valence-electron chi connectivity index (χ2n) is 19.5. The van der Waals surface area contributed by atoms with E-state index in [1.807, 2.05) is 23.8 Å². The number of aryl methyl sites for hydroxylation is 3. The number of oxazole rings is 1. The minimum absolute atomic E-state index is 0. The fourth-order valence-electron chi connectivity index (χ4n) is 8.40. The van der Waals surface area contributed by atoms with Gasteiger partial charge in [-0.05, 0) is 68.8 Å². The molecule has 1 fully saturated rings. The number of carboxylic acids is 1. The van der Waals surface area contributed by atoms with Gasteiger partial charge in [0.25, 0.3) is 0 Å². The van der Waals surface area contributed by atoms with E-state index in [2.05, 4.69) is 20.4 Å². The summed E-state index contributed by atoms with van der Waals surface area (Å²) in [6, 6.07) is 21.4. The van der Waals surface area contributed by atoms with E-state index in [4.69, 9.17) is 28.1 Å². The minimum Gasteiger partial charge on any atom is -0.479 e. The van der Waals surface area contributed by atoms with Crippen LogP contribution in [0.3, 0.4) is 0 Å². The number of hydrogen-bond donors (Lipinski definition) is 6. The second kappa shape index (κ2) is 31.5. The highest BCUT2D eigenvalue weighted by Gasteiger charge is 2.48. The molecular weight excluding hydrogens is 1180 g/mol. The van der Waals surface area contributed by atoms with Gasteiger partial charge in [-0.2, -0.15) is 8.78 Å². The summed E-state index contributed by atoms with van der Waals surface area (Å²) in [5.74, 6) is -17.3. The van der Waals surface area contributed by atoms with Crippen molar-refractivity contribution in [3.63, 3.8) is 0 Å². The highest BCUT2D eigenvalue weighted by Crippen LogP contribution is 2.33. The number of ether oxygens (including phenoxy) is 6. The first-order valence-corrected chi connectivity index (χ1v) is 28.3. The molecule has 2 amide bonds. The van der Waals surface area contributed by atoms with Crippen molar-refractivity contribution < 1.29 is 112 Å². The van der Waals surface area contributed by atoms with Crippen LogP contribution in [0.5, 0.6) is 11.5 Å². The largest absolute Gasteiger partial charge is 0.479 e. The molecule has 3 heterocycles. The number of pyridine rings is 1. The predicted octanol–water partition coefficient (Wildman–Crippen LogP) is 5.38. The Morgan fingerprint density at radius 2 is 1.34 bits per heavy atom. The fraction of sp³-hybridized carbons (Fsp3) is 0.356. The zero-order chi connectivity index (χ0) is 62.2. The van der Waals surface area contributed by atoms with Crippen molar-refractivity contribution in [1.82, 2.24) is 10.3 Å². The summed E-state index contributed by atoms with van der Waals surface area (Å²) >= 11 is 0. The standard InChI is InChI=1S/C58H59F5N4O18S.CH3/c1-32-5-13-38(14-6-32)86(77,78)31-40-33(2)82-56(66-40)37-11-9-36(10-12-37)41(68)15-7-34-4-3-21-67(29-34)30-35-8-16-42(83-58-53(74)51(72)52(73)55(85-58)57(75)76)39(28-35)65-44(70)17-20-64-43(69)18-22-79-24-26-81-27-25-80-23-19-45(71)84-54-49(62)47(60)46(59)48(61)50(54)63;/h3-6,8-14,16,21,28-29,51-53,55,58,72-74H,7,15,17-20,22-27,30-31H2,1-2H3,(H2-,64,65,69,70,75,76);1H3/q;-1/p+1/t51-,52-,53+,55-,58+;/m0./s1. The number of aliphatic hydroxyl groups excluding tert-OH is 3. The molecule has 28 heteroatoms. The third-order valence-corrected chi connectivity index (χ3v) is 14.7. The van der Waals surface area contributed by atoms with Gasteiger partial charge in [-0.1, -0.05) is 29.8 Å². The van der Waals surface area contributed by atoms with Crippen LogP contribution < -0.4 is 24.7 Å². The number of benzene rings is 4. The maximum atomic E-state index is 13.7. The number of esters is 1. The lowest BCUT2D eigenvalue weighted by Gasteiger charge is -2.38. The van der Waals surface area contributed by atoms with Crippen molar-refractivity contribution in [1.29, 1.82) is 0 Å². The molecule has 2 aromatic heterocycles. The number of carbonyl (C=O) groups is 5. The number of aliphatic carboxylic acids is 1. The van der Waals surface area contributed by atoms with Crippen LogP contribution in [0.15, 0.2) is 101 Å². The number of Topliss-reactive ketones (excluding diaryl/α,β-unsaturated/α-hetero) is 1. The summed E-state index contributed by atoms with van der Waals surface area (Å²) in [7, 11) is -3.69. The third kappa shape index (κ3) is 18.7. The number of ketones is 1. The van der Waals surface area contributed by atoms with E-state index in [9.17, 15) is 74.8 Å². The molecule has 468 valence electrons. The van der Waals surface area contributed by atoms with E-state index in [-0.39, 0.29) is 119 Å². The number of aliphatic hydroxyl groups is 3. The average Bonchev–Trinajstić information content (AvgIpc) is 3.48. The lowest BCUT2D eigenvalue weighted by Crippen LogP contribution is -2.61. The molecule has 0 radical (unpaired) electrons. The molecule has 7 rings (SSSR count). The molecule has 4 aromatic carbocycles. The van der Waals surface area contributed by atoms with Crippen molar-refractivity contribution in [2.75, 3.05) is 51.5 Å². The number of anilines is 1. The van der Waals surface area contributed by atoms with E-state index < -0.39 is 106 Å². The average molecular weight is 1240 g/mol. The highest BCUT2D eigenvalue weighted by atomic mass is 32.2. The number of carbonyl (C=O) groups excluding carboxylic acids is 4. The number of sulfone groups is 1. The molecule has 0 bridgehead atoms. The summed E-state index contributed by atoms with van der Waals surface area (Å²) in [6.45, 7) is 3.29. The molecule has 6 N–H and O–H groups in total. The molecule has 22 nitrogen and oxygen atoms in total. The van der Waals surface area contributed by atoms with E-state index in [0.29, 0.717) is 28.9 Å². The zero-order valence-corrected chi connectivity index (χ0v) is 48.0. The number of hydrogen-bond acceptors (Lipinski definition) is 18. The number of nitrogens with one attached hydrogen (secondary N) is 2. The van der Waals surface area contributed by atoms with Crippen LogP contribution in [-0.4, -0.2) is 140 Å². The molecule has 5 atom stereocenters. The molecule has 6 aromatic rings. The van der Waals surface area contributed by atoms with Gasteiger partial charge in [0, 0.05) is 54.1 Å². The Bertz CT molecular complexity index is 3470. The van der Waals surface area contributed by atoms with Gasteiger partial charge in [-0.25, -0.2) is 35.9 Å². The van der Waals surface area contributed by atoms with Crippen LogP contribution in [0.25, 0.3) is 11.5 Å². The van der Waals surface area contributed by atoms with Crippen molar-refractivity contribution in [3.8, 4) is 23.0 Å². The molecule has 1 saturated heterocycles. The number of amides is 2. The number of rotatable bonds is 30. The first-order valence-electron chi connectivity index (χ1n) is 26.6. The minimum atomic E-state index is -3.69. The molecular formula is C59H63F5N4O18S. The van der Waals surface area contributed by atoms with E-state index in [0.717, 1.165) is 11.1 Å². The number of nitrogens with zero attached hydrogens (tertiary/aromatic N) is 2. The topological polar surface area (TPSA) is 310 Å². The van der Waals surface area contributed by atoms with Gasteiger partial charge in [0.1, 0.15) is 35.6 Å². The molecule has 0 unspecified atom stereocenters. The number of aromatic nitrogens is 2. The Kier molecular flexibility index (Phi) is 24.6. The maximum Gasteiger partial charge on any atom is 0.335 e. The summed E-state index contributed by atoms with van der Waals surface area (Å²) in [4.78, 5) is 67.5. The Labute approximate surface area is 495 Å². The monoisotopic (exact) mass is 1240 g/mol. The van der Waals surface area contributed by atoms with Gasteiger partial charge < -0.3 is 71.3 Å². The Hall–Kier alpha value is -8.09. The smallest absolute Gasteiger partial charge is 0.335 e. The van der Waals surface area contributed by atoms with Crippen molar-refractivity contribution in [3.05, 3.63) is 161 Å². The van der Waals surface area contributed by atoms with Crippen LogP contribution in [0, 0.1) is 50.4 Å². The van der Waals surface area contributed by atoms with E-state index >= 15 is 0 Å². The third-order valence-electron chi connectivity index (χ3n) is 13.1. The molecule has 1 aliphatic rings. The first-order chi connectivity index (χ1) is 41.0. The summed E-state index contributed by atoms with van der Waals surface area (Å²) in [5.41, 5.74) is 3.63. The lowest BCUT2D eigenvalue weighted by molar-refractivity contribution is -0.688. The van der Waals surface area contributed by atoms with Crippen LogP contribution in [0.2, 0.25) is 0 Å². The van der Waals surface area contributed by atoms with Gasteiger partial charge in [-0.3, -0.25) is 19.2 Å². The van der Waals surface area contributed by atoms with Crippen LogP contribution in [0.4, 0.5) is 27.6 Å². The van der Waals surface area contributed by atoms with Crippen molar-refractivity contribution in [2.24, 2.45) is 0 Å². The molecule has 0 saturated carbocycles. The number of carboxylic acid groups (broad SMARTS) is 1. The van der Waals surface area contributed by atoms with E-state index in [1.54, 1.807) is 73.8 Å². The van der Waals surface area contributed by atoms with Crippen molar-refractivity contribution >= 4 is 45.1 Å². The summed E-state index contributed by atoms with van der Waals surface area (Å²) < 4.78 is 132. The van der Waals surface area contributed by atoms with Crippen LogP contribution in [-0.2, 0) is 66.7 Å². The van der Waals surface area contributed by atoms with E-state index in [1.165, 1.54) is 12.1 Å². The normalized spacial score (nSPS) is 16.6. The molecule has 87 heavy (non-hydrogen) atoms. The summed E-state index contributed by atoms with van der Waals surface area (Å²) in [6.07, 6.45) is -6.52. The van der Waals surface area contributed by atoms with Gasteiger partial charge in [-0.15, -0.1) is 0 Å². The lowest BCUT2D eigenvalue weighted by atomic mass is 9.99. The van der Waals surface area contributed by atoms with Crippen LogP contribution in [0.1, 0.15) is 64.2 Å². The Morgan fingerprint density at radius 1 is 0.713 bits per heavy atom. The molecule has 0 spiro atoms. The Morgan fingerprint density at radius 3 is 2.00 bits per heavy atom. The van der Waals surface area contributed by atoms with Gasteiger partial charge in [0.2, 0.25) is 58.8 Å². The van der Waals surface area contributed by atoms with Gasteiger partial charge in [0.05, 0.1) is 62.3 Å². The predicted molar refractivity (Wildman–Crippen MR) is 295 cm³/mol. The summed E-state index contributed by atoms with van der Waals surface area (Å²) in [5, 5.41) is 46.2. The highest BCUT2D eigenvalue weighted by molar-refractivity contribution is 7.90. The SMILES string of the molecule is Cc1ccc(S(=O)(=O)Cc2nc(-c3ccc(C(=O)CCc4ccc[n+](Cc5ccc(O[C@@H]6O[C@H](C(=O)O)[C@@H](O)[C@H](O)[C@H]6O)c(NC(=O)CCNC(=O)CCOCCOCCOCCC(=O)Oc6c(F)c(F)c(F)c(F)c6F)c5)c4)cc3)oc2C)cc1.[CH3-].